The minimum atomic E-state index is -4.37. The topological polar surface area (TPSA) is 131 Å². The van der Waals surface area contributed by atoms with Gasteiger partial charge in [0.1, 0.15) is 12.7 Å². The Balaban J connectivity index is 3.60. The van der Waals surface area contributed by atoms with Gasteiger partial charge in [0.2, 0.25) is 5.91 Å². The van der Waals surface area contributed by atoms with Crippen LogP contribution in [0.5, 0.6) is 0 Å². The fourth-order valence-corrected chi connectivity index (χ4v) is 4.00. The smallest absolute Gasteiger partial charge is 0.463 e. The van der Waals surface area contributed by atoms with Gasteiger partial charge in [0.15, 0.2) is 0 Å². The van der Waals surface area contributed by atoms with Gasteiger partial charge >= 0.3 is 13.8 Å². The summed E-state index contributed by atoms with van der Waals surface area (Å²) in [6.45, 7) is 2.83. The molecule has 220 valence electrons. The fourth-order valence-electron chi connectivity index (χ4n) is 3.25. The number of ether oxygens (including phenoxy) is 1. The highest BCUT2D eigenvalue weighted by Gasteiger charge is 2.23. The third-order valence-corrected chi connectivity index (χ3v) is 6.38. The first-order valence-corrected chi connectivity index (χ1v) is 15.5. The molecule has 0 aliphatic rings. The summed E-state index contributed by atoms with van der Waals surface area (Å²) in [6, 6.07) is 0. The molecule has 0 saturated carbocycles. The van der Waals surface area contributed by atoms with Crippen LogP contribution in [-0.2, 0) is 27.9 Å². The van der Waals surface area contributed by atoms with Crippen molar-refractivity contribution in [1.29, 1.82) is 0 Å². The number of unbranched alkanes of at least 4 members (excludes halogenated alkanes) is 7. The summed E-state index contributed by atoms with van der Waals surface area (Å²) in [6.07, 6.45) is 24.3. The maximum absolute atomic E-state index is 11.8. The number of nitrogens with one attached hydrogen (secondary N) is 1. The lowest BCUT2D eigenvalue weighted by atomic mass is 10.1. The summed E-state index contributed by atoms with van der Waals surface area (Å²) in [4.78, 5) is 32.4. The zero-order valence-electron chi connectivity index (χ0n) is 23.4. The molecule has 10 heteroatoms. The van der Waals surface area contributed by atoms with E-state index in [-0.39, 0.29) is 32.1 Å². The van der Waals surface area contributed by atoms with Crippen molar-refractivity contribution in [3.05, 3.63) is 36.5 Å². The van der Waals surface area contributed by atoms with Gasteiger partial charge in [0, 0.05) is 19.4 Å². The molecular formula is C28H50NO8P. The van der Waals surface area contributed by atoms with E-state index >= 15 is 0 Å². The normalized spacial score (nSPS) is 14.3. The minimum absolute atomic E-state index is 0.0640. The van der Waals surface area contributed by atoms with E-state index in [0.717, 1.165) is 51.4 Å². The highest BCUT2D eigenvalue weighted by molar-refractivity contribution is 7.47. The van der Waals surface area contributed by atoms with Gasteiger partial charge in [0.05, 0.1) is 13.2 Å². The van der Waals surface area contributed by atoms with Crippen molar-refractivity contribution in [2.75, 3.05) is 26.4 Å². The third-order valence-electron chi connectivity index (χ3n) is 5.40. The Labute approximate surface area is 229 Å². The van der Waals surface area contributed by atoms with Crippen LogP contribution in [0.15, 0.2) is 36.5 Å². The van der Waals surface area contributed by atoms with Crippen LogP contribution in [0.2, 0.25) is 0 Å². The van der Waals surface area contributed by atoms with Gasteiger partial charge in [-0.2, -0.15) is 0 Å². The lowest BCUT2D eigenvalue weighted by Crippen LogP contribution is -2.26. The number of phosphoric acid groups is 1. The van der Waals surface area contributed by atoms with Crippen LogP contribution in [0.25, 0.3) is 0 Å². The number of phosphoric ester groups is 1. The predicted octanol–water partition coefficient (Wildman–Crippen LogP) is 5.92. The van der Waals surface area contributed by atoms with Gasteiger partial charge in [-0.1, -0.05) is 82.4 Å². The Bertz CT molecular complexity index is 738. The van der Waals surface area contributed by atoms with E-state index in [4.69, 9.17) is 9.26 Å². The summed E-state index contributed by atoms with van der Waals surface area (Å²) in [5.74, 6) is -0.623. The van der Waals surface area contributed by atoms with Crippen LogP contribution in [-0.4, -0.2) is 54.3 Å². The Morgan fingerprint density at radius 2 is 1.45 bits per heavy atom. The lowest BCUT2D eigenvalue weighted by Gasteiger charge is -2.15. The molecule has 0 rings (SSSR count). The quantitative estimate of drug-likeness (QED) is 0.0544. The molecule has 0 aliphatic carbocycles. The number of aliphatic hydroxyl groups excluding tert-OH is 1. The maximum Gasteiger partial charge on any atom is 0.472 e. The number of allylic oxidation sites excluding steroid dienone is 6. The number of hydrogen-bond acceptors (Lipinski definition) is 7. The van der Waals surface area contributed by atoms with E-state index in [9.17, 15) is 24.2 Å². The van der Waals surface area contributed by atoms with E-state index in [1.54, 1.807) is 6.92 Å². The van der Waals surface area contributed by atoms with Gasteiger partial charge < -0.3 is 20.1 Å². The molecule has 0 aromatic carbocycles. The monoisotopic (exact) mass is 559 g/mol. The Hall–Kier alpha value is -1.77. The molecule has 1 amide bonds. The number of amides is 1. The van der Waals surface area contributed by atoms with Crippen LogP contribution < -0.4 is 5.32 Å². The van der Waals surface area contributed by atoms with Crippen LogP contribution in [0.3, 0.4) is 0 Å². The zero-order chi connectivity index (χ0) is 28.3. The number of esters is 1. The number of rotatable bonds is 25. The summed E-state index contributed by atoms with van der Waals surface area (Å²) in [5.41, 5.74) is 0. The summed E-state index contributed by atoms with van der Waals surface area (Å²) in [5, 5.41) is 12.3. The number of carbonyl (C=O) groups is 2. The van der Waals surface area contributed by atoms with Crippen LogP contribution in [0.4, 0.5) is 0 Å². The number of aliphatic hydroxyl groups is 1. The third kappa shape index (κ3) is 25.9. The molecule has 9 nitrogen and oxygen atoms in total. The zero-order valence-corrected chi connectivity index (χ0v) is 24.2. The molecule has 0 aliphatic heterocycles. The SMILES string of the molecule is CC/C=C\C/C=C\C/C=C\CCCCCCCCCC(=O)OCC(O)COP(=O)(O)OCCNC(=O)CC. The van der Waals surface area contributed by atoms with E-state index in [1.165, 1.54) is 19.3 Å². The van der Waals surface area contributed by atoms with Crippen molar-refractivity contribution in [2.24, 2.45) is 0 Å². The highest BCUT2D eigenvalue weighted by atomic mass is 31.2. The molecule has 0 aromatic heterocycles. The lowest BCUT2D eigenvalue weighted by molar-refractivity contribution is -0.147. The van der Waals surface area contributed by atoms with Crippen molar-refractivity contribution in [3.63, 3.8) is 0 Å². The Morgan fingerprint density at radius 3 is 2.11 bits per heavy atom. The van der Waals surface area contributed by atoms with Crippen molar-refractivity contribution >= 4 is 19.7 Å². The summed E-state index contributed by atoms with van der Waals surface area (Å²) in [7, 11) is -4.37. The second-order valence-corrected chi connectivity index (χ2v) is 10.4. The van der Waals surface area contributed by atoms with Crippen LogP contribution in [0, 0.1) is 0 Å². The molecular weight excluding hydrogens is 509 g/mol. The Kier molecular flexibility index (Phi) is 24.3. The van der Waals surface area contributed by atoms with E-state index in [1.807, 2.05) is 0 Å². The van der Waals surface area contributed by atoms with Crippen molar-refractivity contribution in [1.82, 2.24) is 5.32 Å². The molecule has 0 fully saturated rings. The van der Waals surface area contributed by atoms with Crippen LogP contribution >= 0.6 is 7.82 Å². The molecule has 0 saturated heterocycles. The first-order chi connectivity index (χ1) is 18.3. The van der Waals surface area contributed by atoms with Gasteiger partial charge in [-0.15, -0.1) is 0 Å². The molecule has 2 unspecified atom stereocenters. The first-order valence-electron chi connectivity index (χ1n) is 14.0. The molecule has 38 heavy (non-hydrogen) atoms. The first kappa shape index (κ1) is 36.2. The predicted molar refractivity (Wildman–Crippen MR) is 150 cm³/mol. The molecule has 0 bridgehead atoms. The average molecular weight is 560 g/mol. The number of carbonyl (C=O) groups excluding carboxylic acids is 2. The van der Waals surface area contributed by atoms with Gasteiger partial charge in [-0.3, -0.25) is 18.6 Å². The summed E-state index contributed by atoms with van der Waals surface area (Å²) >= 11 is 0. The molecule has 0 aromatic rings. The van der Waals surface area contributed by atoms with Gasteiger partial charge in [-0.05, 0) is 38.5 Å². The summed E-state index contributed by atoms with van der Waals surface area (Å²) < 4.78 is 26.1. The molecule has 3 N–H and O–H groups in total. The van der Waals surface area contributed by atoms with Crippen molar-refractivity contribution in [3.8, 4) is 0 Å². The van der Waals surface area contributed by atoms with E-state index in [0.29, 0.717) is 6.42 Å². The van der Waals surface area contributed by atoms with Gasteiger partial charge in [-0.25, -0.2) is 4.57 Å². The van der Waals surface area contributed by atoms with E-state index in [2.05, 4.69) is 53.2 Å². The molecule has 0 radical (unpaired) electrons. The van der Waals surface area contributed by atoms with Gasteiger partial charge in [0.25, 0.3) is 0 Å². The van der Waals surface area contributed by atoms with Crippen molar-refractivity contribution < 1.29 is 37.9 Å². The van der Waals surface area contributed by atoms with Crippen molar-refractivity contribution in [2.45, 2.75) is 103 Å². The standard InChI is InChI=1S/C28H50NO8P/c1-3-5-6-7-8-9-10-11-12-13-14-15-16-17-18-19-20-21-28(32)35-24-26(30)25-37-38(33,34)36-23-22-29-27(31)4-2/h5-6,8-9,11-12,26,30H,3-4,7,10,13-25H2,1-2H3,(H,29,31)(H,33,34)/b6-5-,9-8-,12-11-. The second kappa shape index (κ2) is 25.5. The Morgan fingerprint density at radius 1 is 0.842 bits per heavy atom. The molecule has 0 spiro atoms. The minimum Gasteiger partial charge on any atom is -0.463 e. The van der Waals surface area contributed by atoms with E-state index < -0.39 is 26.5 Å². The molecule has 2 atom stereocenters. The van der Waals surface area contributed by atoms with Crippen LogP contribution in [0.1, 0.15) is 97.3 Å². The molecule has 0 heterocycles. The largest absolute Gasteiger partial charge is 0.472 e. The highest BCUT2D eigenvalue weighted by Crippen LogP contribution is 2.42. The fraction of sp³-hybridized carbons (Fsp3) is 0.714. The number of hydrogen-bond donors (Lipinski definition) is 3. The second-order valence-electron chi connectivity index (χ2n) is 8.95. The average Bonchev–Trinajstić information content (AvgIpc) is 2.90. The maximum atomic E-state index is 11.8.